The van der Waals surface area contributed by atoms with Crippen LogP contribution >= 0.6 is 11.3 Å². The third-order valence-corrected chi connectivity index (χ3v) is 6.08. The molecule has 1 aliphatic carbocycles. The van der Waals surface area contributed by atoms with Gasteiger partial charge in [-0.3, -0.25) is 4.79 Å². The van der Waals surface area contributed by atoms with Crippen LogP contribution in [0.4, 0.5) is 0 Å². The van der Waals surface area contributed by atoms with E-state index in [0.29, 0.717) is 0 Å². The zero-order chi connectivity index (χ0) is 15.7. The van der Waals surface area contributed by atoms with Gasteiger partial charge in [0.2, 0.25) is 5.91 Å². The SMILES string of the molecule is Cc1csc(C2(NC(=O)C3CC(C)OC(C)C3)CCCC2)n1. The molecule has 1 saturated heterocycles. The van der Waals surface area contributed by atoms with Gasteiger partial charge in [-0.15, -0.1) is 11.3 Å². The lowest BCUT2D eigenvalue weighted by molar-refractivity contribution is -0.135. The molecule has 1 amide bonds. The normalized spacial score (nSPS) is 31.1. The van der Waals surface area contributed by atoms with Crippen LogP contribution in [-0.4, -0.2) is 23.1 Å². The van der Waals surface area contributed by atoms with E-state index < -0.39 is 0 Å². The molecule has 122 valence electrons. The number of hydrogen-bond acceptors (Lipinski definition) is 4. The summed E-state index contributed by atoms with van der Waals surface area (Å²) in [5.41, 5.74) is 0.828. The Morgan fingerprint density at radius 3 is 2.50 bits per heavy atom. The van der Waals surface area contributed by atoms with Crippen LogP contribution in [0.1, 0.15) is 63.1 Å². The molecule has 1 saturated carbocycles. The number of thiazole rings is 1. The van der Waals surface area contributed by atoms with Crippen LogP contribution in [0.5, 0.6) is 0 Å². The Labute approximate surface area is 136 Å². The number of carbonyl (C=O) groups is 1. The summed E-state index contributed by atoms with van der Waals surface area (Å²) in [5, 5.41) is 6.56. The summed E-state index contributed by atoms with van der Waals surface area (Å²) in [6, 6.07) is 0. The van der Waals surface area contributed by atoms with Gasteiger partial charge < -0.3 is 10.1 Å². The Kier molecular flexibility index (Phi) is 4.55. The summed E-state index contributed by atoms with van der Waals surface area (Å²) in [6.45, 7) is 6.14. The smallest absolute Gasteiger partial charge is 0.224 e. The zero-order valence-corrected chi connectivity index (χ0v) is 14.5. The number of ether oxygens (including phenoxy) is 1. The molecule has 1 aromatic rings. The van der Waals surface area contributed by atoms with Gasteiger partial charge in [0.05, 0.1) is 17.7 Å². The van der Waals surface area contributed by atoms with Crippen LogP contribution in [0.3, 0.4) is 0 Å². The summed E-state index contributed by atoms with van der Waals surface area (Å²) >= 11 is 1.68. The van der Waals surface area contributed by atoms with E-state index in [1.807, 2.05) is 6.92 Å². The molecule has 2 atom stereocenters. The Bertz CT molecular complexity index is 527. The molecule has 2 heterocycles. The molecule has 2 aliphatic rings. The van der Waals surface area contributed by atoms with E-state index in [4.69, 9.17) is 4.74 Å². The van der Waals surface area contributed by atoms with Gasteiger partial charge in [-0.05, 0) is 46.5 Å². The van der Waals surface area contributed by atoms with E-state index in [2.05, 4.69) is 29.5 Å². The fourth-order valence-electron chi connectivity index (χ4n) is 3.90. The molecular formula is C17H26N2O2S. The van der Waals surface area contributed by atoms with Gasteiger partial charge in [-0.1, -0.05) is 12.8 Å². The number of nitrogens with one attached hydrogen (secondary N) is 1. The predicted molar refractivity (Wildman–Crippen MR) is 87.9 cm³/mol. The van der Waals surface area contributed by atoms with E-state index in [-0.39, 0.29) is 29.6 Å². The van der Waals surface area contributed by atoms with Crippen LogP contribution in [0, 0.1) is 12.8 Å². The zero-order valence-electron chi connectivity index (χ0n) is 13.7. The van der Waals surface area contributed by atoms with E-state index in [1.54, 1.807) is 11.3 Å². The predicted octanol–water partition coefficient (Wildman–Crippen LogP) is 3.54. The van der Waals surface area contributed by atoms with Gasteiger partial charge >= 0.3 is 0 Å². The molecule has 2 unspecified atom stereocenters. The number of nitrogens with zero attached hydrogens (tertiary/aromatic N) is 1. The number of amides is 1. The largest absolute Gasteiger partial charge is 0.376 e. The average Bonchev–Trinajstić information content (AvgIpc) is 3.07. The molecule has 0 aromatic carbocycles. The first-order valence-corrected chi connectivity index (χ1v) is 9.26. The van der Waals surface area contributed by atoms with Crippen LogP contribution in [0.25, 0.3) is 0 Å². The van der Waals surface area contributed by atoms with Gasteiger partial charge in [0.25, 0.3) is 0 Å². The Morgan fingerprint density at radius 2 is 1.95 bits per heavy atom. The lowest BCUT2D eigenvalue weighted by Gasteiger charge is -2.35. The van der Waals surface area contributed by atoms with E-state index in [1.165, 1.54) is 12.8 Å². The number of hydrogen-bond donors (Lipinski definition) is 1. The standard InChI is InChI=1S/C17H26N2O2S/c1-11-10-22-16(18-11)17(6-4-5-7-17)19-15(20)14-8-12(2)21-13(3)9-14/h10,12-14H,4-9H2,1-3H3,(H,19,20). The maximum Gasteiger partial charge on any atom is 0.224 e. The molecule has 3 rings (SSSR count). The summed E-state index contributed by atoms with van der Waals surface area (Å²) in [7, 11) is 0. The summed E-state index contributed by atoms with van der Waals surface area (Å²) in [5.74, 6) is 0.258. The van der Waals surface area contributed by atoms with Gasteiger partial charge in [0.1, 0.15) is 5.01 Å². The highest BCUT2D eigenvalue weighted by molar-refractivity contribution is 7.09. The van der Waals surface area contributed by atoms with Crippen LogP contribution < -0.4 is 5.32 Å². The van der Waals surface area contributed by atoms with Crippen LogP contribution in [-0.2, 0) is 15.1 Å². The van der Waals surface area contributed by atoms with Crippen molar-refractivity contribution in [3.05, 3.63) is 16.1 Å². The first-order chi connectivity index (χ1) is 10.5. The van der Waals surface area contributed by atoms with Gasteiger partial charge in [-0.2, -0.15) is 0 Å². The summed E-state index contributed by atoms with van der Waals surface area (Å²) in [4.78, 5) is 17.5. The van der Waals surface area contributed by atoms with Crippen molar-refractivity contribution in [2.45, 2.75) is 77.0 Å². The molecule has 1 aliphatic heterocycles. The van der Waals surface area contributed by atoms with E-state index >= 15 is 0 Å². The lowest BCUT2D eigenvalue weighted by atomic mass is 9.89. The van der Waals surface area contributed by atoms with Gasteiger partial charge in [0.15, 0.2) is 0 Å². The topological polar surface area (TPSA) is 51.2 Å². The van der Waals surface area contributed by atoms with Crippen molar-refractivity contribution in [2.24, 2.45) is 5.92 Å². The molecular weight excluding hydrogens is 296 g/mol. The lowest BCUT2D eigenvalue weighted by Crippen LogP contribution is -2.48. The second kappa shape index (κ2) is 6.28. The molecule has 1 N–H and O–H groups in total. The minimum absolute atomic E-state index is 0.0669. The second-order valence-corrected chi connectivity index (χ2v) is 7.86. The molecule has 0 spiro atoms. The molecule has 4 nitrogen and oxygen atoms in total. The molecule has 0 bridgehead atoms. The van der Waals surface area contributed by atoms with Crippen LogP contribution in [0.15, 0.2) is 5.38 Å². The second-order valence-electron chi connectivity index (χ2n) is 7.00. The number of rotatable bonds is 3. The highest BCUT2D eigenvalue weighted by Crippen LogP contribution is 2.40. The Hall–Kier alpha value is -0.940. The van der Waals surface area contributed by atoms with E-state index in [9.17, 15) is 4.79 Å². The first-order valence-electron chi connectivity index (χ1n) is 8.38. The Morgan fingerprint density at radius 1 is 1.32 bits per heavy atom. The summed E-state index contributed by atoms with van der Waals surface area (Å²) in [6.07, 6.45) is 6.34. The third kappa shape index (κ3) is 3.20. The maximum absolute atomic E-state index is 12.8. The molecule has 0 radical (unpaired) electrons. The number of carbonyl (C=O) groups excluding carboxylic acids is 1. The van der Waals surface area contributed by atoms with Crippen molar-refractivity contribution in [1.29, 1.82) is 0 Å². The summed E-state index contributed by atoms with van der Waals surface area (Å²) < 4.78 is 5.76. The average molecular weight is 322 g/mol. The first kappa shape index (κ1) is 15.9. The molecule has 2 fully saturated rings. The number of aryl methyl sites for hydroxylation is 1. The van der Waals surface area contributed by atoms with Crippen molar-refractivity contribution >= 4 is 17.2 Å². The maximum atomic E-state index is 12.8. The van der Waals surface area contributed by atoms with Crippen molar-refractivity contribution in [3.8, 4) is 0 Å². The third-order valence-electron chi connectivity index (χ3n) is 4.92. The van der Waals surface area contributed by atoms with Gasteiger partial charge in [-0.25, -0.2) is 4.98 Å². The van der Waals surface area contributed by atoms with Crippen molar-refractivity contribution < 1.29 is 9.53 Å². The fourth-order valence-corrected chi connectivity index (χ4v) is 4.91. The Balaban J connectivity index is 1.75. The van der Waals surface area contributed by atoms with E-state index in [0.717, 1.165) is 36.4 Å². The minimum Gasteiger partial charge on any atom is -0.376 e. The van der Waals surface area contributed by atoms with Gasteiger partial charge in [0, 0.05) is 17.0 Å². The van der Waals surface area contributed by atoms with Crippen molar-refractivity contribution in [2.75, 3.05) is 0 Å². The van der Waals surface area contributed by atoms with Crippen molar-refractivity contribution in [3.63, 3.8) is 0 Å². The fraction of sp³-hybridized carbons (Fsp3) is 0.765. The number of aromatic nitrogens is 1. The highest BCUT2D eigenvalue weighted by atomic mass is 32.1. The molecule has 22 heavy (non-hydrogen) atoms. The molecule has 1 aromatic heterocycles. The monoisotopic (exact) mass is 322 g/mol. The van der Waals surface area contributed by atoms with Crippen molar-refractivity contribution in [1.82, 2.24) is 10.3 Å². The molecule has 5 heteroatoms. The highest BCUT2D eigenvalue weighted by Gasteiger charge is 2.41. The quantitative estimate of drug-likeness (QED) is 0.926. The van der Waals surface area contributed by atoms with Crippen LogP contribution in [0.2, 0.25) is 0 Å². The minimum atomic E-state index is -0.221.